The molecule has 1 aromatic heterocycles. The Morgan fingerprint density at radius 3 is 2.66 bits per heavy atom. The van der Waals surface area contributed by atoms with Crippen molar-refractivity contribution in [3.8, 4) is 5.75 Å². The first-order chi connectivity index (χ1) is 13.9. The lowest BCUT2D eigenvalue weighted by molar-refractivity contribution is -0.140. The summed E-state index contributed by atoms with van der Waals surface area (Å²) in [6.45, 7) is 11.5. The van der Waals surface area contributed by atoms with Gasteiger partial charge in [-0.3, -0.25) is 9.78 Å². The highest BCUT2D eigenvalue weighted by Crippen LogP contribution is 2.31. The number of benzene rings is 1. The molecule has 0 aliphatic rings. The Labute approximate surface area is 175 Å². The fraction of sp³-hybridized carbons (Fsp3) is 0.583. The number of ether oxygens (including phenoxy) is 2. The standard InChI is InChI=1S/C24H36N2O3/c1-6-8-9-14-24(5,29-16-7-2)23(27)26-20-12-13-21(28-17-18(3)4)22-19(20)11-10-15-25-22/h10-13,15,18H,6-9,14,16-17H2,1-5H3,(H,26,27). The van der Waals surface area contributed by atoms with Gasteiger partial charge in [0.25, 0.3) is 5.91 Å². The molecule has 29 heavy (non-hydrogen) atoms. The monoisotopic (exact) mass is 400 g/mol. The molecule has 1 unspecified atom stereocenters. The van der Waals surface area contributed by atoms with Gasteiger partial charge in [-0.05, 0) is 49.9 Å². The van der Waals surface area contributed by atoms with Crippen molar-refractivity contribution in [1.29, 1.82) is 0 Å². The highest BCUT2D eigenvalue weighted by atomic mass is 16.5. The van der Waals surface area contributed by atoms with Gasteiger partial charge < -0.3 is 14.8 Å². The highest BCUT2D eigenvalue weighted by molar-refractivity contribution is 6.05. The van der Waals surface area contributed by atoms with Crippen LogP contribution in [-0.4, -0.2) is 29.7 Å². The minimum atomic E-state index is -0.841. The van der Waals surface area contributed by atoms with Crippen molar-refractivity contribution >= 4 is 22.5 Å². The Morgan fingerprint density at radius 2 is 1.97 bits per heavy atom. The van der Waals surface area contributed by atoms with Crippen molar-refractivity contribution < 1.29 is 14.3 Å². The van der Waals surface area contributed by atoms with E-state index in [1.807, 2.05) is 31.2 Å². The van der Waals surface area contributed by atoms with Crippen LogP contribution >= 0.6 is 0 Å². The zero-order chi connectivity index (χ0) is 21.3. The number of amides is 1. The number of nitrogens with one attached hydrogen (secondary N) is 1. The van der Waals surface area contributed by atoms with Crippen molar-refractivity contribution in [2.45, 2.75) is 72.3 Å². The van der Waals surface area contributed by atoms with E-state index < -0.39 is 5.60 Å². The predicted molar refractivity (Wildman–Crippen MR) is 119 cm³/mol. The van der Waals surface area contributed by atoms with Gasteiger partial charge in [-0.15, -0.1) is 0 Å². The number of carbonyl (C=O) groups excluding carboxylic acids is 1. The Hall–Kier alpha value is -2.14. The fourth-order valence-electron chi connectivity index (χ4n) is 3.17. The molecular weight excluding hydrogens is 364 g/mol. The second-order valence-corrected chi connectivity index (χ2v) is 8.21. The molecule has 0 saturated heterocycles. The molecule has 1 atom stereocenters. The first kappa shape index (κ1) is 23.1. The van der Waals surface area contributed by atoms with Crippen molar-refractivity contribution in [3.63, 3.8) is 0 Å². The summed E-state index contributed by atoms with van der Waals surface area (Å²) in [7, 11) is 0. The smallest absolute Gasteiger partial charge is 0.256 e. The van der Waals surface area contributed by atoms with E-state index in [1.165, 1.54) is 0 Å². The van der Waals surface area contributed by atoms with Crippen LogP contribution in [0.2, 0.25) is 0 Å². The molecule has 0 bridgehead atoms. The molecule has 5 heteroatoms. The third kappa shape index (κ3) is 6.43. The number of pyridine rings is 1. The first-order valence-electron chi connectivity index (χ1n) is 10.9. The lowest BCUT2D eigenvalue weighted by atomic mass is 9.96. The van der Waals surface area contributed by atoms with Gasteiger partial charge in [-0.25, -0.2) is 0 Å². The summed E-state index contributed by atoms with van der Waals surface area (Å²) in [5, 5.41) is 3.96. The molecule has 5 nitrogen and oxygen atoms in total. The minimum Gasteiger partial charge on any atom is -0.491 e. The minimum absolute atomic E-state index is 0.108. The lowest BCUT2D eigenvalue weighted by Crippen LogP contribution is -2.43. The maximum atomic E-state index is 13.2. The van der Waals surface area contributed by atoms with Crippen molar-refractivity contribution in [3.05, 3.63) is 30.5 Å². The van der Waals surface area contributed by atoms with Crippen LogP contribution in [-0.2, 0) is 9.53 Å². The Morgan fingerprint density at radius 1 is 1.17 bits per heavy atom. The zero-order valence-corrected chi connectivity index (χ0v) is 18.6. The third-order valence-corrected chi connectivity index (χ3v) is 4.92. The molecule has 0 fully saturated rings. The molecule has 2 rings (SSSR count). The second kappa shape index (κ2) is 11.1. The summed E-state index contributed by atoms with van der Waals surface area (Å²) in [6.07, 6.45) is 6.50. The Balaban J connectivity index is 2.26. The summed E-state index contributed by atoms with van der Waals surface area (Å²) in [6, 6.07) is 7.61. The average Bonchev–Trinajstić information content (AvgIpc) is 2.71. The maximum Gasteiger partial charge on any atom is 0.256 e. The van der Waals surface area contributed by atoms with Gasteiger partial charge in [0.1, 0.15) is 16.9 Å². The number of fused-ring (bicyclic) bond motifs is 1. The van der Waals surface area contributed by atoms with Gasteiger partial charge >= 0.3 is 0 Å². The van der Waals surface area contributed by atoms with E-state index in [2.05, 4.69) is 38.0 Å². The number of hydrogen-bond acceptors (Lipinski definition) is 4. The van der Waals surface area contributed by atoms with Crippen LogP contribution in [0.5, 0.6) is 5.75 Å². The average molecular weight is 401 g/mol. The van der Waals surface area contributed by atoms with Crippen LogP contribution in [0.25, 0.3) is 10.9 Å². The topological polar surface area (TPSA) is 60.5 Å². The summed E-state index contributed by atoms with van der Waals surface area (Å²) in [5.74, 6) is 1.05. The molecule has 0 aliphatic carbocycles. The van der Waals surface area contributed by atoms with Crippen LogP contribution < -0.4 is 10.1 Å². The van der Waals surface area contributed by atoms with Gasteiger partial charge in [0.05, 0.1) is 12.3 Å². The number of nitrogens with zero attached hydrogens (tertiary/aromatic N) is 1. The Bertz CT molecular complexity index is 791. The molecule has 0 aliphatic heterocycles. The van der Waals surface area contributed by atoms with E-state index in [4.69, 9.17) is 9.47 Å². The van der Waals surface area contributed by atoms with Crippen molar-refractivity contribution in [2.24, 2.45) is 5.92 Å². The van der Waals surface area contributed by atoms with E-state index in [-0.39, 0.29) is 5.91 Å². The summed E-state index contributed by atoms with van der Waals surface area (Å²) >= 11 is 0. The van der Waals surface area contributed by atoms with E-state index in [0.717, 1.165) is 48.0 Å². The van der Waals surface area contributed by atoms with E-state index in [9.17, 15) is 4.79 Å². The normalized spacial score (nSPS) is 13.4. The number of aromatic nitrogens is 1. The molecule has 1 amide bonds. The van der Waals surface area contributed by atoms with Crippen LogP contribution in [0, 0.1) is 5.92 Å². The predicted octanol–water partition coefficient (Wildman–Crippen LogP) is 5.97. The number of carbonyl (C=O) groups is 1. The second-order valence-electron chi connectivity index (χ2n) is 8.21. The van der Waals surface area contributed by atoms with Gasteiger partial charge in [-0.1, -0.05) is 47.0 Å². The summed E-state index contributed by atoms with van der Waals surface area (Å²) < 4.78 is 11.9. The molecular formula is C24H36N2O3. The lowest BCUT2D eigenvalue weighted by Gasteiger charge is -2.29. The van der Waals surface area contributed by atoms with Gasteiger partial charge in [0.15, 0.2) is 0 Å². The fourth-order valence-corrected chi connectivity index (χ4v) is 3.17. The summed E-state index contributed by atoms with van der Waals surface area (Å²) in [4.78, 5) is 17.7. The zero-order valence-electron chi connectivity index (χ0n) is 18.6. The third-order valence-electron chi connectivity index (χ3n) is 4.92. The van der Waals surface area contributed by atoms with Crippen LogP contribution in [0.15, 0.2) is 30.5 Å². The number of unbranched alkanes of at least 4 members (excludes halogenated alkanes) is 2. The van der Waals surface area contributed by atoms with E-state index >= 15 is 0 Å². The molecule has 1 aromatic carbocycles. The van der Waals surface area contributed by atoms with Gasteiger partial charge in [0, 0.05) is 18.2 Å². The molecule has 1 N–H and O–H groups in total. The van der Waals surface area contributed by atoms with Gasteiger partial charge in [0.2, 0.25) is 0 Å². The van der Waals surface area contributed by atoms with Gasteiger partial charge in [-0.2, -0.15) is 0 Å². The SMILES string of the molecule is CCCCCC(C)(OCCC)C(=O)Nc1ccc(OCC(C)C)c2ncccc12. The molecule has 2 aromatic rings. The van der Waals surface area contributed by atoms with Crippen LogP contribution in [0.1, 0.15) is 66.7 Å². The van der Waals surface area contributed by atoms with E-state index in [1.54, 1.807) is 6.20 Å². The number of anilines is 1. The summed E-state index contributed by atoms with van der Waals surface area (Å²) in [5.41, 5.74) is 0.650. The number of rotatable bonds is 12. The maximum absolute atomic E-state index is 13.2. The van der Waals surface area contributed by atoms with E-state index in [0.29, 0.717) is 25.6 Å². The van der Waals surface area contributed by atoms with Crippen molar-refractivity contribution in [1.82, 2.24) is 4.98 Å². The molecule has 0 radical (unpaired) electrons. The van der Waals surface area contributed by atoms with Crippen molar-refractivity contribution in [2.75, 3.05) is 18.5 Å². The van der Waals surface area contributed by atoms with Crippen LogP contribution in [0.4, 0.5) is 5.69 Å². The quantitative estimate of drug-likeness (QED) is 0.446. The largest absolute Gasteiger partial charge is 0.491 e. The van der Waals surface area contributed by atoms with Crippen LogP contribution in [0.3, 0.4) is 0 Å². The number of hydrogen-bond donors (Lipinski definition) is 1. The molecule has 0 saturated carbocycles. The first-order valence-corrected chi connectivity index (χ1v) is 10.9. The Kier molecular flexibility index (Phi) is 8.90. The molecule has 0 spiro atoms. The molecule has 160 valence electrons. The highest BCUT2D eigenvalue weighted by Gasteiger charge is 2.34. The molecule has 1 heterocycles.